The zero-order valence-corrected chi connectivity index (χ0v) is 25.5. The Morgan fingerprint density at radius 3 is 2.55 bits per heavy atom. The lowest BCUT2D eigenvalue weighted by Gasteiger charge is -2.27. The Balaban J connectivity index is 1.39. The van der Waals surface area contributed by atoms with Gasteiger partial charge in [-0.05, 0) is 62.4 Å². The number of hydrogen-bond acceptors (Lipinski definition) is 6. The van der Waals surface area contributed by atoms with Crippen LogP contribution in [-0.4, -0.2) is 57.1 Å². The first-order chi connectivity index (χ1) is 21.1. The van der Waals surface area contributed by atoms with Crippen LogP contribution in [0.15, 0.2) is 77.9 Å². The molecule has 0 spiro atoms. The van der Waals surface area contributed by atoms with Crippen molar-refractivity contribution in [1.82, 2.24) is 28.8 Å². The number of carbonyl (C=O) groups excluding carboxylic acids is 1. The predicted octanol–water partition coefficient (Wildman–Crippen LogP) is 3.86. The number of carbonyl (C=O) groups is 1. The summed E-state index contributed by atoms with van der Waals surface area (Å²) in [5, 5.41) is 8.67. The van der Waals surface area contributed by atoms with Crippen LogP contribution in [0.5, 0.6) is 0 Å². The molecule has 1 atom stereocenters. The summed E-state index contributed by atoms with van der Waals surface area (Å²) in [7, 11) is -3.22. The van der Waals surface area contributed by atoms with Crippen molar-refractivity contribution in [2.24, 2.45) is 5.92 Å². The van der Waals surface area contributed by atoms with E-state index in [-0.39, 0.29) is 17.4 Å². The molecule has 1 aliphatic rings. The van der Waals surface area contributed by atoms with Gasteiger partial charge in [-0.15, -0.1) is 0 Å². The van der Waals surface area contributed by atoms with Gasteiger partial charge in [0.25, 0.3) is 11.5 Å². The van der Waals surface area contributed by atoms with Crippen molar-refractivity contribution >= 4 is 32.4 Å². The highest BCUT2D eigenvalue weighted by molar-refractivity contribution is 7.88. The number of sulfonamides is 1. The molecule has 1 saturated heterocycles. The zero-order valence-electron chi connectivity index (χ0n) is 24.7. The fraction of sp³-hybridized carbons (Fsp3) is 0.273. The van der Waals surface area contributed by atoms with E-state index in [0.717, 1.165) is 0 Å². The Morgan fingerprint density at radius 1 is 1.07 bits per heavy atom. The summed E-state index contributed by atoms with van der Waals surface area (Å²) in [6.07, 6.45) is 5.87. The number of para-hydroxylation sites is 1. The Bertz CT molecular complexity index is 2120. The number of aryl methyl sites for hydroxylation is 1. The molecule has 1 N–H and O–H groups in total. The number of aromatic nitrogens is 4. The summed E-state index contributed by atoms with van der Waals surface area (Å²) in [6, 6.07) is 18.0. The Hall–Kier alpha value is -4.79. The van der Waals surface area contributed by atoms with E-state index in [1.165, 1.54) is 10.6 Å². The molecule has 3 aromatic heterocycles. The van der Waals surface area contributed by atoms with Gasteiger partial charge in [0.05, 0.1) is 23.4 Å². The maximum atomic E-state index is 14.3. The largest absolute Gasteiger partial charge is 0.344 e. The van der Waals surface area contributed by atoms with Gasteiger partial charge < -0.3 is 5.32 Å². The SMILES string of the molecule is Cc1nn2cccnc2c1C(=O)N[C@@H](C)c1cc2cccc(C#CC3CCN(S(C)(=O)=O)CC3)c2c(=O)n1-c1ccccc1. The van der Waals surface area contributed by atoms with Crippen molar-refractivity contribution in [1.29, 1.82) is 0 Å². The first-order valence-corrected chi connectivity index (χ1v) is 16.3. The van der Waals surface area contributed by atoms with Crippen molar-refractivity contribution in [2.75, 3.05) is 19.3 Å². The van der Waals surface area contributed by atoms with Crippen molar-refractivity contribution in [3.8, 4) is 17.5 Å². The first-order valence-electron chi connectivity index (χ1n) is 14.4. The first kappa shape index (κ1) is 29.3. The highest BCUT2D eigenvalue weighted by Gasteiger charge is 2.25. The fourth-order valence-electron chi connectivity index (χ4n) is 5.77. The van der Waals surface area contributed by atoms with Gasteiger partial charge in [0.15, 0.2) is 5.65 Å². The molecule has 6 rings (SSSR count). The van der Waals surface area contributed by atoms with Crippen LogP contribution in [0.3, 0.4) is 0 Å². The molecule has 5 aromatic rings. The molecule has 1 amide bonds. The van der Waals surface area contributed by atoms with Crippen LogP contribution < -0.4 is 10.9 Å². The lowest BCUT2D eigenvalue weighted by Crippen LogP contribution is -2.37. The van der Waals surface area contributed by atoms with E-state index in [4.69, 9.17) is 0 Å². The molecule has 0 aliphatic carbocycles. The molecule has 4 heterocycles. The van der Waals surface area contributed by atoms with Gasteiger partial charge in [0.1, 0.15) is 5.56 Å². The molecular weight excluding hydrogens is 576 g/mol. The standard InChI is InChI=1S/C33H32N6O4S/c1-22(35-32(40)29-23(2)36-38-18-8-17-34-31(29)38)28-21-26-10-7-9-25(14-13-24-15-19-37(20-16-24)44(3,42)43)30(26)33(41)39(28)27-11-5-4-6-12-27/h4-12,17-18,21-22,24H,15-16,19-20H2,1-3H3,(H,35,40)/t22-/m0/s1. The summed E-state index contributed by atoms with van der Waals surface area (Å²) in [5.74, 6) is 6.23. The van der Waals surface area contributed by atoms with Gasteiger partial charge in [-0.25, -0.2) is 22.2 Å². The molecular formula is C33H32N6O4S. The van der Waals surface area contributed by atoms with Crippen molar-refractivity contribution in [2.45, 2.75) is 32.7 Å². The number of piperidine rings is 1. The van der Waals surface area contributed by atoms with Gasteiger partial charge in [0.2, 0.25) is 10.0 Å². The lowest BCUT2D eigenvalue weighted by molar-refractivity contribution is 0.0939. The maximum absolute atomic E-state index is 14.3. The van der Waals surface area contributed by atoms with E-state index in [9.17, 15) is 18.0 Å². The van der Waals surface area contributed by atoms with Gasteiger partial charge in [-0.2, -0.15) is 5.10 Å². The molecule has 224 valence electrons. The van der Waals surface area contributed by atoms with Crippen LogP contribution in [0.25, 0.3) is 22.1 Å². The van der Waals surface area contributed by atoms with Crippen molar-refractivity contribution < 1.29 is 13.2 Å². The number of nitrogens with zero attached hydrogens (tertiary/aromatic N) is 5. The highest BCUT2D eigenvalue weighted by atomic mass is 32.2. The van der Waals surface area contributed by atoms with Crippen LogP contribution in [-0.2, 0) is 10.0 Å². The molecule has 11 heteroatoms. The van der Waals surface area contributed by atoms with Gasteiger partial charge >= 0.3 is 0 Å². The third-order valence-electron chi connectivity index (χ3n) is 8.01. The van der Waals surface area contributed by atoms with E-state index in [1.54, 1.807) is 34.5 Å². The zero-order chi connectivity index (χ0) is 31.0. The molecule has 0 saturated carbocycles. The minimum absolute atomic E-state index is 0.0342. The number of pyridine rings is 1. The summed E-state index contributed by atoms with van der Waals surface area (Å²) in [5.41, 5.74) is 3.04. The van der Waals surface area contributed by atoms with Crippen LogP contribution >= 0.6 is 0 Å². The van der Waals surface area contributed by atoms with Gasteiger partial charge in [0, 0.05) is 48.3 Å². The predicted molar refractivity (Wildman–Crippen MR) is 169 cm³/mol. The number of benzene rings is 2. The van der Waals surface area contributed by atoms with Crippen LogP contribution in [0, 0.1) is 24.7 Å². The average molecular weight is 609 g/mol. The van der Waals surface area contributed by atoms with E-state index in [1.807, 2.05) is 61.5 Å². The number of nitrogens with one attached hydrogen (secondary N) is 1. The summed E-state index contributed by atoms with van der Waals surface area (Å²) in [4.78, 5) is 32.2. The van der Waals surface area contributed by atoms with Crippen LogP contribution in [0.2, 0.25) is 0 Å². The monoisotopic (exact) mass is 608 g/mol. The third kappa shape index (κ3) is 5.62. The summed E-state index contributed by atoms with van der Waals surface area (Å²) >= 11 is 0. The molecule has 0 bridgehead atoms. The number of rotatable bonds is 5. The Morgan fingerprint density at radius 2 is 1.82 bits per heavy atom. The topological polar surface area (TPSA) is 119 Å². The highest BCUT2D eigenvalue weighted by Crippen LogP contribution is 2.25. The lowest BCUT2D eigenvalue weighted by atomic mass is 9.97. The van der Waals surface area contributed by atoms with Crippen molar-refractivity contribution in [3.05, 3.63) is 106 Å². The molecule has 2 aromatic carbocycles. The van der Waals surface area contributed by atoms with E-state index in [0.29, 0.717) is 70.6 Å². The second kappa shape index (κ2) is 11.7. The summed E-state index contributed by atoms with van der Waals surface area (Å²) < 4.78 is 28.5. The quantitative estimate of drug-likeness (QED) is 0.303. The summed E-state index contributed by atoms with van der Waals surface area (Å²) in [6.45, 7) is 4.49. The molecule has 44 heavy (non-hydrogen) atoms. The fourth-order valence-corrected chi connectivity index (χ4v) is 6.64. The second-order valence-corrected chi connectivity index (χ2v) is 13.0. The number of fused-ring (bicyclic) bond motifs is 2. The van der Waals surface area contributed by atoms with Crippen LogP contribution in [0.4, 0.5) is 0 Å². The third-order valence-corrected chi connectivity index (χ3v) is 9.32. The maximum Gasteiger partial charge on any atom is 0.264 e. The normalized spacial score (nSPS) is 15.2. The molecule has 1 fully saturated rings. The second-order valence-electron chi connectivity index (χ2n) is 11.1. The number of amides is 1. The van der Waals surface area contributed by atoms with E-state index >= 15 is 0 Å². The molecule has 0 radical (unpaired) electrons. The van der Waals surface area contributed by atoms with Gasteiger partial charge in [-0.3, -0.25) is 14.2 Å². The number of hydrogen-bond donors (Lipinski definition) is 1. The Kier molecular flexibility index (Phi) is 7.80. The van der Waals surface area contributed by atoms with Crippen LogP contribution in [0.1, 0.15) is 53.1 Å². The van der Waals surface area contributed by atoms with Gasteiger partial charge in [-0.1, -0.05) is 42.2 Å². The minimum Gasteiger partial charge on any atom is -0.344 e. The Labute approximate surface area is 255 Å². The minimum atomic E-state index is -3.22. The van der Waals surface area contributed by atoms with E-state index < -0.39 is 16.1 Å². The molecule has 10 nitrogen and oxygen atoms in total. The molecule has 1 aliphatic heterocycles. The smallest absolute Gasteiger partial charge is 0.264 e. The van der Waals surface area contributed by atoms with E-state index in [2.05, 4.69) is 27.2 Å². The molecule has 0 unspecified atom stereocenters. The average Bonchev–Trinajstić information content (AvgIpc) is 3.35. The van der Waals surface area contributed by atoms with Crippen molar-refractivity contribution in [3.63, 3.8) is 0 Å².